The summed E-state index contributed by atoms with van der Waals surface area (Å²) < 4.78 is 0. The van der Waals surface area contributed by atoms with Gasteiger partial charge in [0.25, 0.3) is 0 Å². The third-order valence-electron chi connectivity index (χ3n) is 3.25. The van der Waals surface area contributed by atoms with Crippen LogP contribution >= 0.6 is 0 Å². The summed E-state index contributed by atoms with van der Waals surface area (Å²) in [5.74, 6) is 0.726. The van der Waals surface area contributed by atoms with Crippen molar-refractivity contribution >= 4 is 5.69 Å². The molecule has 1 atom stereocenters. The maximum Gasteiger partial charge on any atom is 0.0924 e. The van der Waals surface area contributed by atoms with E-state index in [1.807, 2.05) is 12.1 Å². The van der Waals surface area contributed by atoms with E-state index in [4.69, 9.17) is 0 Å². The van der Waals surface area contributed by atoms with Gasteiger partial charge in [-0.1, -0.05) is 23.4 Å². The normalized spacial score (nSPS) is 23.5. The third kappa shape index (κ3) is 1.93. The van der Waals surface area contributed by atoms with E-state index >= 15 is 0 Å². The minimum Gasteiger partial charge on any atom is -0.316 e. The first-order valence-corrected chi connectivity index (χ1v) is 5.87. The Hall–Kier alpha value is -1.42. The minimum atomic E-state index is 0.726. The molecule has 0 radical (unpaired) electrons. The SMILES string of the molecule is c1ccc2c(c1)CN(C[C@H]1CCNC1)N=N2. The van der Waals surface area contributed by atoms with Gasteiger partial charge in [-0.25, -0.2) is 0 Å². The first-order chi connectivity index (χ1) is 7.92. The van der Waals surface area contributed by atoms with Crippen molar-refractivity contribution in [1.82, 2.24) is 10.3 Å². The molecule has 1 aromatic rings. The molecule has 1 aromatic carbocycles. The van der Waals surface area contributed by atoms with E-state index in [1.165, 1.54) is 12.0 Å². The summed E-state index contributed by atoms with van der Waals surface area (Å²) in [6.45, 7) is 4.18. The zero-order valence-corrected chi connectivity index (χ0v) is 9.26. The topological polar surface area (TPSA) is 40.0 Å². The average molecular weight is 216 g/mol. The maximum atomic E-state index is 4.26. The van der Waals surface area contributed by atoms with Crippen molar-refractivity contribution in [1.29, 1.82) is 0 Å². The van der Waals surface area contributed by atoms with Crippen LogP contribution in [0.1, 0.15) is 12.0 Å². The Morgan fingerprint density at radius 1 is 1.38 bits per heavy atom. The lowest BCUT2D eigenvalue weighted by Gasteiger charge is -2.24. The van der Waals surface area contributed by atoms with Crippen molar-refractivity contribution in [2.24, 2.45) is 16.3 Å². The van der Waals surface area contributed by atoms with E-state index in [2.05, 4.69) is 32.8 Å². The van der Waals surface area contributed by atoms with Crippen molar-refractivity contribution in [2.75, 3.05) is 19.6 Å². The van der Waals surface area contributed by atoms with Gasteiger partial charge in [0.1, 0.15) is 0 Å². The van der Waals surface area contributed by atoms with Gasteiger partial charge in [0.05, 0.1) is 12.2 Å². The molecule has 2 aliphatic heterocycles. The quantitative estimate of drug-likeness (QED) is 0.822. The van der Waals surface area contributed by atoms with Gasteiger partial charge in [0, 0.05) is 12.1 Å². The molecule has 1 saturated heterocycles. The van der Waals surface area contributed by atoms with Crippen LogP contribution in [0.5, 0.6) is 0 Å². The fourth-order valence-electron chi connectivity index (χ4n) is 2.35. The summed E-state index contributed by atoms with van der Waals surface area (Å²) in [6.07, 6.45) is 1.26. The molecule has 2 heterocycles. The molecule has 0 amide bonds. The Labute approximate surface area is 95.3 Å². The van der Waals surface area contributed by atoms with Crippen LogP contribution in [0.4, 0.5) is 5.69 Å². The Balaban J connectivity index is 1.68. The lowest BCUT2D eigenvalue weighted by Crippen LogP contribution is -2.26. The van der Waals surface area contributed by atoms with Crippen LogP contribution in [0.15, 0.2) is 34.6 Å². The molecule has 0 saturated carbocycles. The summed E-state index contributed by atoms with van der Waals surface area (Å²) in [6, 6.07) is 8.23. The van der Waals surface area contributed by atoms with Crippen LogP contribution in [0.25, 0.3) is 0 Å². The summed E-state index contributed by atoms with van der Waals surface area (Å²) in [5.41, 5.74) is 2.30. The first-order valence-electron chi connectivity index (χ1n) is 5.87. The molecule has 16 heavy (non-hydrogen) atoms. The third-order valence-corrected chi connectivity index (χ3v) is 3.25. The second-order valence-corrected chi connectivity index (χ2v) is 4.52. The van der Waals surface area contributed by atoms with E-state index < -0.39 is 0 Å². The predicted octanol–water partition coefficient (Wildman–Crippen LogP) is 2.11. The maximum absolute atomic E-state index is 4.26. The second kappa shape index (κ2) is 4.22. The van der Waals surface area contributed by atoms with Crippen LogP contribution in [0.3, 0.4) is 0 Å². The molecule has 1 N–H and O–H groups in total. The van der Waals surface area contributed by atoms with Crippen molar-refractivity contribution in [3.63, 3.8) is 0 Å². The highest BCUT2D eigenvalue weighted by atomic mass is 15.5. The van der Waals surface area contributed by atoms with Gasteiger partial charge in [-0.2, -0.15) is 0 Å². The zero-order chi connectivity index (χ0) is 10.8. The molecule has 0 spiro atoms. The van der Waals surface area contributed by atoms with Crippen molar-refractivity contribution in [3.8, 4) is 0 Å². The largest absolute Gasteiger partial charge is 0.316 e. The van der Waals surface area contributed by atoms with Crippen LogP contribution in [0.2, 0.25) is 0 Å². The standard InChI is InChI=1S/C12H16N4/c1-2-4-12-11(3-1)9-16(15-14-12)8-10-5-6-13-7-10/h1-4,10,13H,5-9H2/t10-/m0/s1. The molecule has 2 aliphatic rings. The number of hydrogen-bond donors (Lipinski definition) is 1. The predicted molar refractivity (Wildman–Crippen MR) is 62.3 cm³/mol. The Morgan fingerprint density at radius 3 is 3.19 bits per heavy atom. The van der Waals surface area contributed by atoms with Crippen LogP contribution in [0, 0.1) is 5.92 Å². The number of fused-ring (bicyclic) bond motifs is 1. The number of hydrogen-bond acceptors (Lipinski definition) is 4. The molecule has 0 aliphatic carbocycles. The molecular weight excluding hydrogens is 200 g/mol. The molecule has 0 aromatic heterocycles. The molecule has 4 nitrogen and oxygen atoms in total. The van der Waals surface area contributed by atoms with Gasteiger partial charge < -0.3 is 5.32 Å². The highest BCUT2D eigenvalue weighted by Crippen LogP contribution is 2.26. The van der Waals surface area contributed by atoms with E-state index in [-0.39, 0.29) is 0 Å². The fourth-order valence-corrected chi connectivity index (χ4v) is 2.35. The molecule has 84 valence electrons. The molecular formula is C12H16N4. The lowest BCUT2D eigenvalue weighted by atomic mass is 10.1. The smallest absolute Gasteiger partial charge is 0.0924 e. The highest BCUT2D eigenvalue weighted by molar-refractivity contribution is 5.45. The summed E-state index contributed by atoms with van der Waals surface area (Å²) >= 11 is 0. The Kier molecular flexibility index (Phi) is 2.58. The van der Waals surface area contributed by atoms with Crippen molar-refractivity contribution in [3.05, 3.63) is 29.8 Å². The molecule has 0 bridgehead atoms. The highest BCUT2D eigenvalue weighted by Gasteiger charge is 2.20. The first kappa shape index (κ1) is 9.78. The van der Waals surface area contributed by atoms with Gasteiger partial charge >= 0.3 is 0 Å². The number of nitrogens with zero attached hydrogens (tertiary/aromatic N) is 3. The van der Waals surface area contributed by atoms with Gasteiger partial charge in [0.2, 0.25) is 0 Å². The van der Waals surface area contributed by atoms with E-state index in [0.29, 0.717) is 0 Å². The van der Waals surface area contributed by atoms with E-state index in [9.17, 15) is 0 Å². The van der Waals surface area contributed by atoms with Crippen molar-refractivity contribution < 1.29 is 0 Å². The number of rotatable bonds is 2. The Morgan fingerprint density at radius 2 is 2.31 bits per heavy atom. The molecule has 0 unspecified atom stereocenters. The minimum absolute atomic E-state index is 0.726. The van der Waals surface area contributed by atoms with Crippen molar-refractivity contribution in [2.45, 2.75) is 13.0 Å². The zero-order valence-electron chi connectivity index (χ0n) is 9.26. The van der Waals surface area contributed by atoms with Crippen LogP contribution in [-0.2, 0) is 6.54 Å². The van der Waals surface area contributed by atoms with Gasteiger partial charge in [-0.15, -0.1) is 5.11 Å². The summed E-state index contributed by atoms with van der Waals surface area (Å²) in [4.78, 5) is 0. The summed E-state index contributed by atoms with van der Waals surface area (Å²) in [5, 5.41) is 14.0. The fraction of sp³-hybridized carbons (Fsp3) is 0.500. The van der Waals surface area contributed by atoms with E-state index in [0.717, 1.165) is 37.8 Å². The molecule has 3 rings (SSSR count). The van der Waals surface area contributed by atoms with Crippen LogP contribution in [-0.4, -0.2) is 24.6 Å². The van der Waals surface area contributed by atoms with E-state index in [1.54, 1.807) is 0 Å². The number of nitrogens with one attached hydrogen (secondary N) is 1. The van der Waals surface area contributed by atoms with Crippen LogP contribution < -0.4 is 5.32 Å². The summed E-state index contributed by atoms with van der Waals surface area (Å²) in [7, 11) is 0. The average Bonchev–Trinajstić information content (AvgIpc) is 2.82. The second-order valence-electron chi connectivity index (χ2n) is 4.52. The van der Waals surface area contributed by atoms with Gasteiger partial charge in [-0.05, 0) is 31.5 Å². The molecule has 1 fully saturated rings. The molecule has 4 heteroatoms. The van der Waals surface area contributed by atoms with Gasteiger partial charge in [-0.3, -0.25) is 5.01 Å². The Bertz CT molecular complexity index is 396. The van der Waals surface area contributed by atoms with Gasteiger partial charge in [0.15, 0.2) is 0 Å². The number of benzene rings is 1. The lowest BCUT2D eigenvalue weighted by molar-refractivity contribution is 0.218. The monoisotopic (exact) mass is 216 g/mol.